The van der Waals surface area contributed by atoms with Gasteiger partial charge in [-0.3, -0.25) is 9.78 Å². The van der Waals surface area contributed by atoms with Crippen LogP contribution in [0.4, 0.5) is 0 Å². The van der Waals surface area contributed by atoms with E-state index >= 15 is 0 Å². The van der Waals surface area contributed by atoms with Crippen molar-refractivity contribution < 1.29 is 14.3 Å². The molecule has 0 atom stereocenters. The number of hydrogen-bond donors (Lipinski definition) is 1. The van der Waals surface area contributed by atoms with Crippen LogP contribution in [0.15, 0.2) is 60.8 Å². The second-order valence-corrected chi connectivity index (χ2v) is 6.35. The first-order chi connectivity index (χ1) is 13.6. The molecule has 0 aliphatic rings. The van der Waals surface area contributed by atoms with E-state index in [4.69, 9.17) is 9.47 Å². The van der Waals surface area contributed by atoms with E-state index in [0.717, 1.165) is 22.4 Å². The summed E-state index contributed by atoms with van der Waals surface area (Å²) in [6, 6.07) is 17.3. The maximum absolute atomic E-state index is 12.9. The van der Waals surface area contributed by atoms with E-state index in [9.17, 15) is 4.79 Å². The van der Waals surface area contributed by atoms with Gasteiger partial charge in [0.2, 0.25) is 0 Å². The molecule has 0 fully saturated rings. The Morgan fingerprint density at radius 1 is 1.11 bits per heavy atom. The highest BCUT2D eigenvalue weighted by Gasteiger charge is 2.17. The van der Waals surface area contributed by atoms with Crippen LogP contribution in [0.5, 0.6) is 11.5 Å². The van der Waals surface area contributed by atoms with Crippen molar-refractivity contribution in [3.8, 4) is 22.6 Å². The van der Waals surface area contributed by atoms with Gasteiger partial charge in [0, 0.05) is 17.8 Å². The number of rotatable bonds is 7. The molecule has 0 aliphatic heterocycles. The molecule has 3 rings (SSSR count). The third-order valence-corrected chi connectivity index (χ3v) is 4.33. The predicted molar refractivity (Wildman–Crippen MR) is 110 cm³/mol. The third-order valence-electron chi connectivity index (χ3n) is 4.33. The number of para-hydroxylation sites is 1. The highest BCUT2D eigenvalue weighted by molar-refractivity contribution is 5.99. The van der Waals surface area contributed by atoms with Crippen molar-refractivity contribution in [1.29, 1.82) is 0 Å². The Labute approximate surface area is 165 Å². The van der Waals surface area contributed by atoms with E-state index in [1.807, 2.05) is 44.2 Å². The number of nitrogens with zero attached hydrogens (tertiary/aromatic N) is 1. The van der Waals surface area contributed by atoms with Crippen LogP contribution in [-0.2, 0) is 6.54 Å². The van der Waals surface area contributed by atoms with Gasteiger partial charge in [0.15, 0.2) is 0 Å². The molecule has 0 saturated heterocycles. The number of benzene rings is 2. The fraction of sp³-hybridized carbons (Fsp3) is 0.217. The number of ether oxygens (including phenoxy) is 2. The topological polar surface area (TPSA) is 60.5 Å². The lowest BCUT2D eigenvalue weighted by molar-refractivity contribution is 0.0946. The van der Waals surface area contributed by atoms with Gasteiger partial charge in [0.05, 0.1) is 31.5 Å². The molecule has 5 heteroatoms. The summed E-state index contributed by atoms with van der Waals surface area (Å²) < 4.78 is 11.1. The van der Waals surface area contributed by atoms with Crippen LogP contribution in [0, 0.1) is 6.92 Å². The molecule has 0 spiro atoms. The van der Waals surface area contributed by atoms with Gasteiger partial charge < -0.3 is 14.8 Å². The van der Waals surface area contributed by atoms with E-state index < -0.39 is 0 Å². The molecule has 3 aromatic rings. The molecule has 0 bridgehead atoms. The number of pyridine rings is 1. The summed E-state index contributed by atoms with van der Waals surface area (Å²) in [5, 5.41) is 2.92. The molecule has 1 N–H and O–H groups in total. The van der Waals surface area contributed by atoms with Crippen LogP contribution in [0.3, 0.4) is 0 Å². The normalized spacial score (nSPS) is 10.4. The Balaban J connectivity index is 1.87. The van der Waals surface area contributed by atoms with Crippen LogP contribution in [0.1, 0.15) is 28.5 Å². The summed E-state index contributed by atoms with van der Waals surface area (Å²) in [7, 11) is 1.60. The lowest BCUT2D eigenvalue weighted by Crippen LogP contribution is -2.24. The molecule has 1 amide bonds. The maximum atomic E-state index is 12.9. The van der Waals surface area contributed by atoms with Crippen molar-refractivity contribution in [3.63, 3.8) is 0 Å². The third kappa shape index (κ3) is 4.49. The average molecular weight is 376 g/mol. The van der Waals surface area contributed by atoms with Gasteiger partial charge in [0.25, 0.3) is 5.91 Å². The van der Waals surface area contributed by atoms with E-state index in [1.54, 1.807) is 31.5 Å². The summed E-state index contributed by atoms with van der Waals surface area (Å²) >= 11 is 0. The van der Waals surface area contributed by atoms with Gasteiger partial charge in [-0.25, -0.2) is 0 Å². The second-order valence-electron chi connectivity index (χ2n) is 6.35. The molecule has 1 heterocycles. The molecule has 28 heavy (non-hydrogen) atoms. The molecule has 5 nitrogen and oxygen atoms in total. The zero-order chi connectivity index (χ0) is 19.9. The van der Waals surface area contributed by atoms with Crippen LogP contribution >= 0.6 is 0 Å². The molecule has 1 aromatic heterocycles. The van der Waals surface area contributed by atoms with Crippen molar-refractivity contribution in [2.45, 2.75) is 20.4 Å². The molecule has 0 unspecified atom stereocenters. The van der Waals surface area contributed by atoms with Crippen molar-refractivity contribution in [1.82, 2.24) is 10.3 Å². The van der Waals surface area contributed by atoms with Gasteiger partial charge in [-0.2, -0.15) is 0 Å². The molecule has 0 radical (unpaired) electrons. The summed E-state index contributed by atoms with van der Waals surface area (Å²) in [4.78, 5) is 17.1. The van der Waals surface area contributed by atoms with E-state index in [-0.39, 0.29) is 5.91 Å². The summed E-state index contributed by atoms with van der Waals surface area (Å²) in [5.74, 6) is 1.09. The standard InChI is InChI=1S/C23H24N2O3/c1-4-28-22-20(17-8-5-7-16(2)13-17)9-6-10-21(22)23(26)25-15-18-14-19(27-3)11-12-24-18/h5-14H,4,15H2,1-3H3,(H,25,26). The van der Waals surface area contributed by atoms with Crippen molar-refractivity contribution in [2.75, 3.05) is 13.7 Å². The van der Waals surface area contributed by atoms with Gasteiger partial charge in [-0.05, 0) is 31.5 Å². The fourth-order valence-corrected chi connectivity index (χ4v) is 3.00. The van der Waals surface area contributed by atoms with Gasteiger partial charge >= 0.3 is 0 Å². The van der Waals surface area contributed by atoms with Crippen LogP contribution < -0.4 is 14.8 Å². The molecule has 0 aliphatic carbocycles. The Kier molecular flexibility index (Phi) is 6.27. The van der Waals surface area contributed by atoms with Crippen LogP contribution in [0.25, 0.3) is 11.1 Å². The number of aromatic nitrogens is 1. The number of nitrogens with one attached hydrogen (secondary N) is 1. The van der Waals surface area contributed by atoms with Crippen molar-refractivity contribution in [3.05, 3.63) is 77.6 Å². The number of hydrogen-bond acceptors (Lipinski definition) is 4. The molecule has 0 saturated carbocycles. The van der Waals surface area contributed by atoms with Gasteiger partial charge in [-0.15, -0.1) is 0 Å². The number of amides is 1. The summed E-state index contributed by atoms with van der Waals surface area (Å²) in [6.45, 7) is 4.73. The maximum Gasteiger partial charge on any atom is 0.255 e. The monoisotopic (exact) mass is 376 g/mol. The van der Waals surface area contributed by atoms with Crippen molar-refractivity contribution in [2.24, 2.45) is 0 Å². The molecule has 2 aromatic carbocycles. The van der Waals surface area contributed by atoms with Crippen LogP contribution in [-0.4, -0.2) is 24.6 Å². The quantitative estimate of drug-likeness (QED) is 0.664. The highest BCUT2D eigenvalue weighted by Crippen LogP contribution is 2.34. The SMILES string of the molecule is CCOc1c(C(=O)NCc2cc(OC)ccn2)cccc1-c1cccc(C)c1. The summed E-state index contributed by atoms with van der Waals surface area (Å²) in [6.07, 6.45) is 1.66. The van der Waals surface area contributed by atoms with Crippen LogP contribution in [0.2, 0.25) is 0 Å². The van der Waals surface area contributed by atoms with E-state index in [2.05, 4.69) is 16.4 Å². The number of methoxy groups -OCH3 is 1. The smallest absolute Gasteiger partial charge is 0.255 e. The van der Waals surface area contributed by atoms with Gasteiger partial charge in [-0.1, -0.05) is 42.0 Å². The van der Waals surface area contributed by atoms with E-state index in [1.165, 1.54) is 0 Å². The minimum Gasteiger partial charge on any atom is -0.497 e. The molecular formula is C23H24N2O3. The zero-order valence-electron chi connectivity index (χ0n) is 16.4. The highest BCUT2D eigenvalue weighted by atomic mass is 16.5. The van der Waals surface area contributed by atoms with Crippen molar-refractivity contribution >= 4 is 5.91 Å². The molecule has 144 valence electrons. The number of carbonyl (C=O) groups excluding carboxylic acids is 1. The molecular weight excluding hydrogens is 352 g/mol. The predicted octanol–water partition coefficient (Wildman–Crippen LogP) is 4.39. The van der Waals surface area contributed by atoms with E-state index in [0.29, 0.717) is 30.2 Å². The zero-order valence-corrected chi connectivity index (χ0v) is 16.4. The second kappa shape index (κ2) is 9.04. The number of aryl methyl sites for hydroxylation is 1. The van der Waals surface area contributed by atoms with Gasteiger partial charge in [0.1, 0.15) is 11.5 Å². The minimum absolute atomic E-state index is 0.206. The Hall–Kier alpha value is -3.34. The Bertz CT molecular complexity index is 970. The lowest BCUT2D eigenvalue weighted by Gasteiger charge is -2.15. The minimum atomic E-state index is -0.206. The fourth-order valence-electron chi connectivity index (χ4n) is 3.00. The first-order valence-corrected chi connectivity index (χ1v) is 9.22. The Morgan fingerprint density at radius 3 is 2.68 bits per heavy atom. The first-order valence-electron chi connectivity index (χ1n) is 9.22. The lowest BCUT2D eigenvalue weighted by atomic mass is 9.99. The first kappa shape index (κ1) is 19.4. The number of carbonyl (C=O) groups is 1. The average Bonchev–Trinajstić information content (AvgIpc) is 2.72. The summed E-state index contributed by atoms with van der Waals surface area (Å²) in [5.41, 5.74) is 4.30. The Morgan fingerprint density at radius 2 is 1.93 bits per heavy atom. The largest absolute Gasteiger partial charge is 0.497 e.